The van der Waals surface area contributed by atoms with E-state index >= 15 is 9.59 Å². The molecular formula is C59H44N4O6. The fraction of sp³-hybridized carbons (Fsp3) is 0.0847. The Morgan fingerprint density at radius 3 is 1.22 bits per heavy atom. The van der Waals surface area contributed by atoms with Crippen LogP contribution in [-0.4, -0.2) is 40.6 Å². The number of benzene rings is 8. The van der Waals surface area contributed by atoms with E-state index < -0.39 is 65.4 Å². The number of carbonyl (C=O) groups excluding carboxylic acids is 6. The van der Waals surface area contributed by atoms with Crippen LogP contribution in [0.2, 0.25) is 0 Å². The van der Waals surface area contributed by atoms with Crippen molar-refractivity contribution < 1.29 is 28.8 Å². The lowest BCUT2D eigenvalue weighted by molar-refractivity contribution is -0.144. The molecule has 8 aromatic rings. The first-order chi connectivity index (χ1) is 33.8. The quantitative estimate of drug-likeness (QED) is 0.122. The Labute approximate surface area is 399 Å². The second-order valence-corrected chi connectivity index (χ2v) is 17.0. The van der Waals surface area contributed by atoms with Crippen LogP contribution in [0.3, 0.4) is 0 Å². The van der Waals surface area contributed by atoms with Crippen molar-refractivity contribution in [2.45, 2.75) is 17.9 Å². The Kier molecular flexibility index (Phi) is 12.1. The molecule has 2 aliphatic heterocycles. The monoisotopic (exact) mass is 904 g/mol. The lowest BCUT2D eigenvalue weighted by atomic mass is 9.77. The van der Waals surface area contributed by atoms with E-state index in [1.54, 1.807) is 48.5 Å². The molecule has 3 atom stereocenters. The van der Waals surface area contributed by atoms with Gasteiger partial charge in [0.1, 0.15) is 11.8 Å². The van der Waals surface area contributed by atoms with E-state index in [1.807, 2.05) is 182 Å². The number of anilines is 2. The van der Waals surface area contributed by atoms with E-state index in [9.17, 15) is 19.2 Å². The fourth-order valence-corrected chi connectivity index (χ4v) is 9.79. The normalized spacial score (nSPS) is 16.8. The van der Waals surface area contributed by atoms with Crippen molar-refractivity contribution in [3.05, 3.63) is 264 Å². The van der Waals surface area contributed by atoms with Crippen molar-refractivity contribution in [2.24, 2.45) is 11.8 Å². The summed E-state index contributed by atoms with van der Waals surface area (Å²) in [7, 11) is 0. The van der Waals surface area contributed by atoms with Crippen LogP contribution >= 0.6 is 0 Å². The summed E-state index contributed by atoms with van der Waals surface area (Å²) < 4.78 is 0. The summed E-state index contributed by atoms with van der Waals surface area (Å²) in [6.07, 6.45) is 0. The van der Waals surface area contributed by atoms with Crippen LogP contribution < -0.4 is 15.1 Å². The van der Waals surface area contributed by atoms with Gasteiger partial charge in [-0.1, -0.05) is 206 Å². The van der Waals surface area contributed by atoms with E-state index in [1.165, 1.54) is 0 Å². The van der Waals surface area contributed by atoms with Crippen LogP contribution in [0.5, 0.6) is 0 Å². The molecule has 0 aromatic heterocycles. The molecule has 0 saturated carbocycles. The SMILES string of the molecule is O=C1NC(=O)N(C(c2ccccc2)c2ccccc2)C(=O)C1C(c1ccccc1)c1cccc(-c2cccc(N3C(=O)C(C(c4ccccc4)c4ccccc4)C(=O)N(c4ccccc4)C3=O)c2)c1. The third-order valence-electron chi connectivity index (χ3n) is 12.9. The molecule has 336 valence electrons. The van der Waals surface area contributed by atoms with Gasteiger partial charge in [0.05, 0.1) is 17.4 Å². The van der Waals surface area contributed by atoms with Crippen molar-refractivity contribution in [1.29, 1.82) is 0 Å². The predicted octanol–water partition coefficient (Wildman–Crippen LogP) is 10.9. The highest BCUT2D eigenvalue weighted by Crippen LogP contribution is 2.43. The number of nitrogens with zero attached hydrogens (tertiary/aromatic N) is 3. The highest BCUT2D eigenvalue weighted by atomic mass is 16.2. The summed E-state index contributed by atoms with van der Waals surface area (Å²) in [4.78, 5) is 91.3. The zero-order valence-electron chi connectivity index (χ0n) is 37.1. The molecule has 2 heterocycles. The number of barbiturate groups is 2. The average molecular weight is 905 g/mol. The van der Waals surface area contributed by atoms with Gasteiger partial charge in [-0.3, -0.25) is 29.4 Å². The van der Waals surface area contributed by atoms with Crippen molar-refractivity contribution >= 4 is 47.1 Å². The van der Waals surface area contributed by atoms with Gasteiger partial charge in [-0.25, -0.2) is 19.4 Å². The van der Waals surface area contributed by atoms with E-state index in [-0.39, 0.29) is 5.69 Å². The van der Waals surface area contributed by atoms with E-state index in [0.717, 1.165) is 25.8 Å². The van der Waals surface area contributed by atoms with Crippen molar-refractivity contribution in [3.63, 3.8) is 0 Å². The zero-order chi connectivity index (χ0) is 47.4. The number of urea groups is 2. The molecular weight excluding hydrogens is 861 g/mol. The molecule has 8 amide bonds. The molecule has 8 aromatic carbocycles. The number of rotatable bonds is 12. The number of amides is 8. The molecule has 0 spiro atoms. The maximum atomic E-state index is 15.1. The second-order valence-electron chi connectivity index (χ2n) is 17.0. The van der Waals surface area contributed by atoms with Gasteiger partial charge in [0.15, 0.2) is 0 Å². The first kappa shape index (κ1) is 43.9. The number of hydrogen-bond donors (Lipinski definition) is 1. The van der Waals surface area contributed by atoms with Gasteiger partial charge in [-0.05, 0) is 68.8 Å². The van der Waals surface area contributed by atoms with Crippen molar-refractivity contribution in [1.82, 2.24) is 10.2 Å². The number of hydrogen-bond acceptors (Lipinski definition) is 6. The Balaban J connectivity index is 1.05. The number of carbonyl (C=O) groups is 6. The molecule has 69 heavy (non-hydrogen) atoms. The molecule has 0 bridgehead atoms. The fourth-order valence-electron chi connectivity index (χ4n) is 9.79. The van der Waals surface area contributed by atoms with Gasteiger partial charge in [0, 0.05) is 11.8 Å². The third kappa shape index (κ3) is 8.40. The van der Waals surface area contributed by atoms with Gasteiger partial charge in [-0.15, -0.1) is 0 Å². The molecule has 3 unspecified atom stereocenters. The number of nitrogens with one attached hydrogen (secondary N) is 1. The summed E-state index contributed by atoms with van der Waals surface area (Å²) in [6, 6.07) is 67.0. The minimum Gasteiger partial charge on any atom is -0.277 e. The summed E-state index contributed by atoms with van der Waals surface area (Å²) >= 11 is 0. The maximum Gasteiger partial charge on any atom is 0.342 e. The first-order valence-corrected chi connectivity index (χ1v) is 22.7. The molecule has 0 radical (unpaired) electrons. The first-order valence-electron chi connectivity index (χ1n) is 22.7. The summed E-state index contributed by atoms with van der Waals surface area (Å²) in [6.45, 7) is 0. The molecule has 1 N–H and O–H groups in total. The van der Waals surface area contributed by atoms with Crippen molar-refractivity contribution in [2.75, 3.05) is 9.80 Å². The Morgan fingerprint density at radius 1 is 0.348 bits per heavy atom. The number of imide groups is 4. The Morgan fingerprint density at radius 2 is 0.725 bits per heavy atom. The topological polar surface area (TPSA) is 124 Å². The molecule has 2 saturated heterocycles. The third-order valence-corrected chi connectivity index (χ3v) is 12.9. The molecule has 10 nitrogen and oxygen atoms in total. The van der Waals surface area contributed by atoms with Crippen LogP contribution in [0.15, 0.2) is 231 Å². The summed E-state index contributed by atoms with van der Waals surface area (Å²) in [5.41, 5.74) is 6.01. The van der Waals surface area contributed by atoms with Crippen LogP contribution in [0.25, 0.3) is 11.1 Å². The molecule has 10 heteroatoms. The van der Waals surface area contributed by atoms with Crippen LogP contribution in [0.1, 0.15) is 51.3 Å². The molecule has 10 rings (SSSR count). The minimum atomic E-state index is -1.36. The molecule has 0 aliphatic carbocycles. The highest BCUT2D eigenvalue weighted by molar-refractivity contribution is 6.37. The van der Waals surface area contributed by atoms with E-state index in [0.29, 0.717) is 39.1 Å². The van der Waals surface area contributed by atoms with Crippen LogP contribution in [-0.2, 0) is 19.2 Å². The van der Waals surface area contributed by atoms with Gasteiger partial charge in [-0.2, -0.15) is 0 Å². The summed E-state index contributed by atoms with van der Waals surface area (Å²) in [5.74, 6) is -6.94. The van der Waals surface area contributed by atoms with Gasteiger partial charge >= 0.3 is 12.1 Å². The van der Waals surface area contributed by atoms with Gasteiger partial charge < -0.3 is 0 Å². The van der Waals surface area contributed by atoms with E-state index in [4.69, 9.17) is 0 Å². The second kappa shape index (κ2) is 19.1. The van der Waals surface area contributed by atoms with E-state index in [2.05, 4.69) is 5.32 Å². The molecule has 2 aliphatic rings. The smallest absolute Gasteiger partial charge is 0.277 e. The minimum absolute atomic E-state index is 0.245. The zero-order valence-corrected chi connectivity index (χ0v) is 37.1. The van der Waals surface area contributed by atoms with Crippen molar-refractivity contribution in [3.8, 4) is 11.1 Å². The molecule has 2 fully saturated rings. The summed E-state index contributed by atoms with van der Waals surface area (Å²) in [5, 5.41) is 2.53. The standard InChI is InChI=1S/C59H44N4O6/c64-54-51(55(65)63(58(68)60-54)53(42-27-13-4-14-28-42)43-29-15-5-16-30-43)50(41-25-11-3-12-26-41)46-33-19-31-44(37-46)45-32-20-36-48(38-45)62-57(67)52(56(66)61(59(62)69)47-34-17-6-18-35-47)49(39-21-7-1-8-22-39)40-23-9-2-10-24-40/h1-38,49-53H,(H,60,64,68). The van der Waals surface area contributed by atoms with Crippen LogP contribution in [0, 0.1) is 11.8 Å². The largest absolute Gasteiger partial charge is 0.342 e. The number of para-hydroxylation sites is 1. The average Bonchev–Trinajstić information content (AvgIpc) is 3.39. The Bertz CT molecular complexity index is 3110. The highest BCUT2D eigenvalue weighted by Gasteiger charge is 2.52. The predicted molar refractivity (Wildman–Crippen MR) is 264 cm³/mol. The Hall–Kier alpha value is -9.02. The maximum absolute atomic E-state index is 15.1. The van der Waals surface area contributed by atoms with Crippen LogP contribution in [0.4, 0.5) is 21.0 Å². The van der Waals surface area contributed by atoms with Gasteiger partial charge in [0.25, 0.3) is 0 Å². The lowest BCUT2D eigenvalue weighted by Gasteiger charge is -2.40. The van der Waals surface area contributed by atoms with Gasteiger partial charge in [0.2, 0.25) is 23.6 Å². The lowest BCUT2D eigenvalue weighted by Crippen LogP contribution is -2.61.